The quantitative estimate of drug-likeness (QED) is 0.308. The highest BCUT2D eigenvalue weighted by Gasteiger charge is 2.44. The predicted molar refractivity (Wildman–Crippen MR) is 125 cm³/mol. The molecule has 0 bridgehead atoms. The highest BCUT2D eigenvalue weighted by molar-refractivity contribution is 8.15. The maximum atomic E-state index is 6.36. The zero-order valence-electron chi connectivity index (χ0n) is 16.4. The van der Waals surface area contributed by atoms with Gasteiger partial charge in [-0.25, -0.2) is 4.68 Å². The first-order valence-electron chi connectivity index (χ1n) is 9.30. The molecule has 0 aliphatic heterocycles. The standard InChI is InChI=1S/C18H19ClN8S3/c1-8-4-14(23-27-9(2)20-21-17(8)27)15-6-13(22-25(15)3)11-5-10(11)12-7-26(18(28,29)30)24-16(12)19/h4,6-7,10-11,28-30H,5H2,1-3H3. The Kier molecular flexibility index (Phi) is 4.66. The summed E-state index contributed by atoms with van der Waals surface area (Å²) in [5.74, 6) is 1.28. The van der Waals surface area contributed by atoms with Crippen LogP contribution in [0.1, 0.15) is 40.9 Å². The number of rotatable bonds is 4. The summed E-state index contributed by atoms with van der Waals surface area (Å²) >= 11 is 19.3. The third kappa shape index (κ3) is 3.31. The van der Waals surface area contributed by atoms with Crippen molar-refractivity contribution in [2.75, 3.05) is 0 Å². The predicted octanol–water partition coefficient (Wildman–Crippen LogP) is 3.62. The number of aromatic nitrogens is 8. The van der Waals surface area contributed by atoms with E-state index in [2.05, 4.69) is 59.2 Å². The van der Waals surface area contributed by atoms with Gasteiger partial charge in [0, 0.05) is 24.7 Å². The second-order valence-electron chi connectivity index (χ2n) is 7.64. The summed E-state index contributed by atoms with van der Waals surface area (Å²) in [5.41, 5.74) is 5.52. The Morgan fingerprint density at radius 1 is 1.07 bits per heavy atom. The van der Waals surface area contributed by atoms with E-state index >= 15 is 0 Å². The van der Waals surface area contributed by atoms with Gasteiger partial charge in [0.05, 0.1) is 11.4 Å². The van der Waals surface area contributed by atoms with Gasteiger partial charge in [-0.15, -0.1) is 48.1 Å². The van der Waals surface area contributed by atoms with E-state index in [1.165, 1.54) is 0 Å². The number of halogens is 1. The monoisotopic (exact) mass is 478 g/mol. The number of hydrogen-bond donors (Lipinski definition) is 3. The van der Waals surface area contributed by atoms with Crippen LogP contribution in [0, 0.1) is 13.8 Å². The maximum absolute atomic E-state index is 6.36. The van der Waals surface area contributed by atoms with Gasteiger partial charge in [0.15, 0.2) is 20.2 Å². The van der Waals surface area contributed by atoms with Crippen molar-refractivity contribution in [2.45, 2.75) is 35.6 Å². The maximum Gasteiger partial charge on any atom is 0.192 e. The van der Waals surface area contributed by atoms with Crippen molar-refractivity contribution in [3.8, 4) is 11.4 Å². The molecule has 4 aromatic heterocycles. The van der Waals surface area contributed by atoms with Crippen molar-refractivity contribution in [1.29, 1.82) is 0 Å². The molecule has 1 saturated carbocycles. The van der Waals surface area contributed by atoms with Crippen molar-refractivity contribution in [3.05, 3.63) is 46.1 Å². The largest absolute Gasteiger partial charge is 0.266 e. The number of nitrogens with zero attached hydrogens (tertiary/aromatic N) is 8. The fourth-order valence-corrected chi connectivity index (χ4v) is 4.38. The van der Waals surface area contributed by atoms with Crippen LogP contribution in [0.4, 0.5) is 0 Å². The summed E-state index contributed by atoms with van der Waals surface area (Å²) < 4.78 is 4.17. The second-order valence-corrected chi connectivity index (χ2v) is 11.0. The average Bonchev–Trinajstić information content (AvgIpc) is 2.97. The molecule has 2 unspecified atom stereocenters. The highest BCUT2D eigenvalue weighted by Crippen LogP contribution is 2.56. The van der Waals surface area contributed by atoms with Gasteiger partial charge in [0.1, 0.15) is 5.69 Å². The highest BCUT2D eigenvalue weighted by atomic mass is 35.5. The molecule has 0 N–H and O–H groups in total. The van der Waals surface area contributed by atoms with Crippen LogP contribution in [0.15, 0.2) is 18.3 Å². The molecule has 0 aromatic carbocycles. The van der Waals surface area contributed by atoms with E-state index in [9.17, 15) is 0 Å². The first-order chi connectivity index (χ1) is 14.1. The smallest absolute Gasteiger partial charge is 0.192 e. The number of aryl methyl sites for hydroxylation is 3. The molecule has 30 heavy (non-hydrogen) atoms. The minimum Gasteiger partial charge on any atom is -0.266 e. The molecule has 0 saturated heterocycles. The van der Waals surface area contributed by atoms with E-state index < -0.39 is 3.54 Å². The van der Waals surface area contributed by atoms with Crippen molar-refractivity contribution >= 4 is 55.1 Å². The normalized spacial score (nSPS) is 19.0. The molecule has 4 aromatic rings. The van der Waals surface area contributed by atoms with Crippen molar-refractivity contribution in [3.63, 3.8) is 0 Å². The first-order valence-corrected chi connectivity index (χ1v) is 11.0. The Morgan fingerprint density at radius 2 is 1.83 bits per heavy atom. The molecule has 0 spiro atoms. The van der Waals surface area contributed by atoms with Gasteiger partial charge in [-0.1, -0.05) is 11.6 Å². The van der Waals surface area contributed by atoms with E-state index in [1.807, 2.05) is 37.8 Å². The third-order valence-corrected chi connectivity index (χ3v) is 6.35. The summed E-state index contributed by atoms with van der Waals surface area (Å²) in [6.07, 6.45) is 2.81. The lowest BCUT2D eigenvalue weighted by Gasteiger charge is -2.15. The average molecular weight is 479 g/mol. The molecule has 5 rings (SSSR count). The number of fused-ring (bicyclic) bond motifs is 1. The lowest BCUT2D eigenvalue weighted by atomic mass is 10.1. The summed E-state index contributed by atoms with van der Waals surface area (Å²) in [6, 6.07) is 4.11. The fraction of sp³-hybridized carbons (Fsp3) is 0.389. The van der Waals surface area contributed by atoms with Crippen LogP contribution in [-0.2, 0) is 10.6 Å². The Bertz CT molecular complexity index is 1280. The van der Waals surface area contributed by atoms with Gasteiger partial charge in [0.25, 0.3) is 0 Å². The van der Waals surface area contributed by atoms with Crippen molar-refractivity contribution in [1.82, 2.24) is 39.4 Å². The van der Waals surface area contributed by atoms with Gasteiger partial charge < -0.3 is 0 Å². The minimum atomic E-state index is -1.01. The van der Waals surface area contributed by atoms with Crippen LogP contribution in [0.2, 0.25) is 5.15 Å². The van der Waals surface area contributed by atoms with Gasteiger partial charge >= 0.3 is 0 Å². The molecule has 8 nitrogen and oxygen atoms in total. The SMILES string of the molecule is Cc1cc(-c2cc(C3CC3c3cn(C(S)(S)S)nc3Cl)nn2C)nn2c(C)nnc12. The number of thiol groups is 3. The lowest BCUT2D eigenvalue weighted by molar-refractivity contribution is 0.709. The van der Waals surface area contributed by atoms with Gasteiger partial charge in [-0.3, -0.25) is 4.68 Å². The summed E-state index contributed by atoms with van der Waals surface area (Å²) in [6.45, 7) is 3.89. The topological polar surface area (TPSA) is 78.7 Å². The van der Waals surface area contributed by atoms with E-state index in [1.54, 1.807) is 9.20 Å². The molecular weight excluding hydrogens is 460 g/mol. The van der Waals surface area contributed by atoms with Crippen LogP contribution < -0.4 is 0 Å². The lowest BCUT2D eigenvalue weighted by Crippen LogP contribution is -2.13. The van der Waals surface area contributed by atoms with Gasteiger partial charge in [-0.2, -0.15) is 19.8 Å². The van der Waals surface area contributed by atoms with E-state index in [-0.39, 0.29) is 11.8 Å². The molecule has 1 fully saturated rings. The van der Waals surface area contributed by atoms with Crippen LogP contribution in [0.5, 0.6) is 0 Å². The number of hydrogen-bond acceptors (Lipinski definition) is 8. The van der Waals surface area contributed by atoms with Crippen LogP contribution in [-0.4, -0.2) is 39.4 Å². The van der Waals surface area contributed by atoms with E-state index in [0.717, 1.165) is 46.1 Å². The molecule has 0 radical (unpaired) electrons. The van der Waals surface area contributed by atoms with Crippen LogP contribution >= 0.6 is 49.5 Å². The fourth-order valence-electron chi connectivity index (χ4n) is 3.80. The molecule has 12 heteroatoms. The van der Waals surface area contributed by atoms with Gasteiger partial charge in [0.2, 0.25) is 0 Å². The molecule has 1 aliphatic carbocycles. The van der Waals surface area contributed by atoms with Gasteiger partial charge in [-0.05, 0) is 43.9 Å². The molecule has 1 aliphatic rings. The Labute approximate surface area is 194 Å². The van der Waals surface area contributed by atoms with E-state index in [4.69, 9.17) is 21.8 Å². The molecule has 2 atom stereocenters. The zero-order chi connectivity index (χ0) is 21.4. The second kappa shape index (κ2) is 6.91. The Hall–Kier alpha value is -1.69. The van der Waals surface area contributed by atoms with Crippen molar-refractivity contribution < 1.29 is 0 Å². The third-order valence-electron chi connectivity index (χ3n) is 5.44. The minimum absolute atomic E-state index is 0.253. The molecule has 4 heterocycles. The summed E-state index contributed by atoms with van der Waals surface area (Å²) in [4.78, 5) is 0. The summed E-state index contributed by atoms with van der Waals surface area (Å²) in [7, 11) is 1.93. The Morgan fingerprint density at radius 3 is 2.53 bits per heavy atom. The van der Waals surface area contributed by atoms with Crippen LogP contribution in [0.3, 0.4) is 0 Å². The van der Waals surface area contributed by atoms with Crippen LogP contribution in [0.25, 0.3) is 17.0 Å². The zero-order valence-corrected chi connectivity index (χ0v) is 19.8. The first kappa shape index (κ1) is 20.2. The van der Waals surface area contributed by atoms with E-state index in [0.29, 0.717) is 5.15 Å². The molecular formula is C18H19ClN8S3. The Balaban J connectivity index is 1.46. The van der Waals surface area contributed by atoms with Crippen molar-refractivity contribution in [2.24, 2.45) is 7.05 Å². The molecule has 0 amide bonds. The summed E-state index contributed by atoms with van der Waals surface area (Å²) in [5, 5.41) is 22.5. The molecule has 156 valence electrons.